The van der Waals surface area contributed by atoms with Crippen molar-refractivity contribution in [2.45, 2.75) is 4.90 Å². The third kappa shape index (κ3) is 3.96. The number of aromatic nitrogens is 1. The average molecular weight is 383 g/mol. The summed E-state index contributed by atoms with van der Waals surface area (Å²) in [4.78, 5) is 16.8. The molecule has 0 aliphatic carbocycles. The summed E-state index contributed by atoms with van der Waals surface area (Å²) in [7, 11) is -3.39. The molecule has 0 aliphatic rings. The molecule has 0 radical (unpaired) electrons. The number of rotatable bonds is 4. The highest BCUT2D eigenvalue weighted by Crippen LogP contribution is 2.25. The van der Waals surface area contributed by atoms with Crippen LogP contribution < -0.4 is 5.32 Å². The van der Waals surface area contributed by atoms with E-state index in [9.17, 15) is 13.2 Å². The molecule has 0 atom stereocenters. The summed E-state index contributed by atoms with van der Waals surface area (Å²) in [6, 6.07) is 14.9. The molecule has 0 unspecified atom stereocenters. The van der Waals surface area contributed by atoms with Gasteiger partial charge < -0.3 is 0 Å². The standard InChI is InChI=1S/C18H13N3O3S2/c1-26(23,24)15-4-2-3-14(9-15)17(22)21-18-20-16(11-25-18)13-7-5-12(10-19)6-8-13/h2-9,11H,1H3,(H,20,21,22). The first kappa shape index (κ1) is 17.8. The fourth-order valence-corrected chi connectivity index (χ4v) is 3.60. The van der Waals surface area contributed by atoms with Crippen LogP contribution in [0.25, 0.3) is 11.3 Å². The van der Waals surface area contributed by atoms with E-state index in [0.29, 0.717) is 16.4 Å². The van der Waals surface area contributed by atoms with E-state index in [0.717, 1.165) is 11.8 Å². The number of thiazole rings is 1. The predicted molar refractivity (Wildman–Crippen MR) is 99.8 cm³/mol. The molecule has 0 saturated carbocycles. The van der Waals surface area contributed by atoms with E-state index in [4.69, 9.17) is 5.26 Å². The lowest BCUT2D eigenvalue weighted by Gasteiger charge is -2.04. The van der Waals surface area contributed by atoms with Gasteiger partial charge in [-0.15, -0.1) is 11.3 Å². The van der Waals surface area contributed by atoms with Gasteiger partial charge in [0.2, 0.25) is 0 Å². The van der Waals surface area contributed by atoms with Gasteiger partial charge in [-0.3, -0.25) is 10.1 Å². The summed E-state index contributed by atoms with van der Waals surface area (Å²) in [6.45, 7) is 0. The Balaban J connectivity index is 1.79. The Bertz CT molecular complexity index is 1110. The molecule has 0 spiro atoms. The number of nitrogens with zero attached hydrogens (tertiary/aromatic N) is 2. The molecule has 1 amide bonds. The zero-order valence-corrected chi connectivity index (χ0v) is 15.3. The number of benzene rings is 2. The molecular formula is C18H13N3O3S2. The maximum Gasteiger partial charge on any atom is 0.257 e. The second-order valence-electron chi connectivity index (χ2n) is 5.48. The van der Waals surface area contributed by atoms with Crippen molar-refractivity contribution in [3.63, 3.8) is 0 Å². The molecule has 8 heteroatoms. The van der Waals surface area contributed by atoms with E-state index in [-0.39, 0.29) is 10.5 Å². The number of nitriles is 1. The van der Waals surface area contributed by atoms with E-state index in [2.05, 4.69) is 16.4 Å². The summed E-state index contributed by atoms with van der Waals surface area (Å²) >= 11 is 1.26. The smallest absolute Gasteiger partial charge is 0.257 e. The molecule has 3 rings (SSSR count). The Hall–Kier alpha value is -3.02. The van der Waals surface area contributed by atoms with Crippen LogP contribution in [0.1, 0.15) is 15.9 Å². The molecule has 1 heterocycles. The van der Waals surface area contributed by atoms with Gasteiger partial charge >= 0.3 is 0 Å². The van der Waals surface area contributed by atoms with Crippen molar-refractivity contribution in [1.29, 1.82) is 5.26 Å². The van der Waals surface area contributed by atoms with Crippen molar-refractivity contribution in [2.75, 3.05) is 11.6 Å². The van der Waals surface area contributed by atoms with Crippen molar-refractivity contribution >= 4 is 32.2 Å². The fourth-order valence-electron chi connectivity index (χ4n) is 2.22. The molecule has 1 N–H and O–H groups in total. The predicted octanol–water partition coefficient (Wildman–Crippen LogP) is 3.34. The number of amides is 1. The lowest BCUT2D eigenvalue weighted by molar-refractivity contribution is 0.102. The quantitative estimate of drug-likeness (QED) is 0.745. The third-order valence-electron chi connectivity index (χ3n) is 3.56. The van der Waals surface area contributed by atoms with Gasteiger partial charge in [0.05, 0.1) is 22.2 Å². The molecule has 1 aromatic heterocycles. The van der Waals surface area contributed by atoms with Crippen LogP contribution in [0.5, 0.6) is 0 Å². The highest BCUT2D eigenvalue weighted by Gasteiger charge is 2.13. The fraction of sp³-hybridized carbons (Fsp3) is 0.0556. The van der Waals surface area contributed by atoms with E-state index in [1.54, 1.807) is 35.7 Å². The Morgan fingerprint density at radius 2 is 1.92 bits per heavy atom. The van der Waals surface area contributed by atoms with Crippen molar-refractivity contribution in [2.24, 2.45) is 0 Å². The minimum atomic E-state index is -3.39. The van der Waals surface area contributed by atoms with Crippen LogP contribution in [-0.2, 0) is 9.84 Å². The largest absolute Gasteiger partial charge is 0.298 e. The number of carbonyl (C=O) groups excluding carboxylic acids is 1. The van der Waals surface area contributed by atoms with Crippen molar-refractivity contribution in [1.82, 2.24) is 4.98 Å². The lowest BCUT2D eigenvalue weighted by Crippen LogP contribution is -2.12. The molecule has 3 aromatic rings. The van der Waals surface area contributed by atoms with E-state index in [1.165, 1.54) is 29.5 Å². The Labute approximate surface area is 154 Å². The van der Waals surface area contributed by atoms with Gasteiger partial charge in [-0.05, 0) is 30.3 Å². The number of carbonyl (C=O) groups is 1. The SMILES string of the molecule is CS(=O)(=O)c1cccc(C(=O)Nc2nc(-c3ccc(C#N)cc3)cs2)c1. The Morgan fingerprint density at radius 3 is 2.58 bits per heavy atom. The Morgan fingerprint density at radius 1 is 1.19 bits per heavy atom. The zero-order valence-electron chi connectivity index (χ0n) is 13.6. The van der Waals surface area contributed by atoms with Gasteiger partial charge in [0.15, 0.2) is 15.0 Å². The summed E-state index contributed by atoms with van der Waals surface area (Å²) in [6.07, 6.45) is 1.09. The molecule has 0 fully saturated rings. The van der Waals surface area contributed by atoms with Crippen LogP contribution in [0.4, 0.5) is 5.13 Å². The van der Waals surface area contributed by atoms with E-state index < -0.39 is 15.7 Å². The van der Waals surface area contributed by atoms with Gasteiger partial charge in [-0.1, -0.05) is 18.2 Å². The monoisotopic (exact) mass is 383 g/mol. The molecule has 26 heavy (non-hydrogen) atoms. The summed E-state index contributed by atoms with van der Waals surface area (Å²) in [5.74, 6) is -0.434. The second-order valence-corrected chi connectivity index (χ2v) is 8.36. The summed E-state index contributed by atoms with van der Waals surface area (Å²) in [5, 5.41) is 13.7. The van der Waals surface area contributed by atoms with Crippen molar-refractivity contribution in [3.05, 3.63) is 65.0 Å². The normalized spacial score (nSPS) is 10.9. The van der Waals surface area contributed by atoms with Gasteiger partial charge in [-0.2, -0.15) is 5.26 Å². The lowest BCUT2D eigenvalue weighted by atomic mass is 10.1. The zero-order chi connectivity index (χ0) is 18.7. The molecule has 0 aliphatic heterocycles. The maximum absolute atomic E-state index is 12.3. The van der Waals surface area contributed by atoms with Crippen molar-refractivity contribution in [3.8, 4) is 17.3 Å². The number of hydrogen-bond donors (Lipinski definition) is 1. The maximum atomic E-state index is 12.3. The first-order chi connectivity index (χ1) is 12.4. The Kier molecular flexibility index (Phi) is 4.84. The van der Waals surface area contributed by atoms with Crippen LogP contribution in [0.15, 0.2) is 58.8 Å². The molecule has 2 aromatic carbocycles. The van der Waals surface area contributed by atoms with Crippen molar-refractivity contribution < 1.29 is 13.2 Å². The van der Waals surface area contributed by atoms with Crippen LogP contribution in [0, 0.1) is 11.3 Å². The third-order valence-corrected chi connectivity index (χ3v) is 5.43. The molecule has 0 bridgehead atoms. The van der Waals surface area contributed by atoms with Crippen LogP contribution in [0.2, 0.25) is 0 Å². The minimum absolute atomic E-state index is 0.0857. The average Bonchev–Trinajstić information content (AvgIpc) is 3.09. The van der Waals surface area contributed by atoms with Gasteiger partial charge in [0, 0.05) is 22.8 Å². The van der Waals surface area contributed by atoms with E-state index >= 15 is 0 Å². The topological polar surface area (TPSA) is 99.9 Å². The highest BCUT2D eigenvalue weighted by atomic mass is 32.2. The van der Waals surface area contributed by atoms with E-state index in [1.807, 2.05) is 0 Å². The van der Waals surface area contributed by atoms with Gasteiger partial charge in [0.1, 0.15) is 0 Å². The molecule has 6 nitrogen and oxygen atoms in total. The summed E-state index contributed by atoms with van der Waals surface area (Å²) in [5.41, 5.74) is 2.31. The molecular weight excluding hydrogens is 370 g/mol. The molecule has 0 saturated heterocycles. The number of hydrogen-bond acceptors (Lipinski definition) is 6. The van der Waals surface area contributed by atoms with Crippen LogP contribution in [-0.4, -0.2) is 25.6 Å². The number of nitrogens with one attached hydrogen (secondary N) is 1. The first-order valence-electron chi connectivity index (χ1n) is 7.44. The van der Waals surface area contributed by atoms with Crippen LogP contribution in [0.3, 0.4) is 0 Å². The summed E-state index contributed by atoms with van der Waals surface area (Å²) < 4.78 is 23.2. The first-order valence-corrected chi connectivity index (χ1v) is 10.2. The molecule has 130 valence electrons. The number of sulfone groups is 1. The van der Waals surface area contributed by atoms with Gasteiger partial charge in [-0.25, -0.2) is 13.4 Å². The van der Waals surface area contributed by atoms with Gasteiger partial charge in [0.25, 0.3) is 5.91 Å². The highest BCUT2D eigenvalue weighted by molar-refractivity contribution is 7.90. The minimum Gasteiger partial charge on any atom is -0.298 e. The second kappa shape index (κ2) is 7.07. The van der Waals surface area contributed by atoms with Crippen LogP contribution >= 0.6 is 11.3 Å². The number of anilines is 1.